The first-order chi connectivity index (χ1) is 9.57. The van der Waals surface area contributed by atoms with Crippen LogP contribution in [0.4, 0.5) is 4.39 Å². The maximum atomic E-state index is 14.2. The quantitative estimate of drug-likeness (QED) is 0.897. The maximum Gasteiger partial charge on any atom is 0.128 e. The Kier molecular flexibility index (Phi) is 5.13. The van der Waals surface area contributed by atoms with Gasteiger partial charge in [0.25, 0.3) is 0 Å². The van der Waals surface area contributed by atoms with E-state index in [2.05, 4.69) is 31.0 Å². The standard InChI is InChI=1S/C16H25FN2O/c1-4-18-15(13-7-5-6-8-14(13)17)16(2,3)19-9-11-20-12-10-19/h5-8,15,18H,4,9-12H2,1-3H3. The normalized spacial score (nSPS) is 19.0. The third-order valence-electron chi connectivity index (χ3n) is 4.16. The summed E-state index contributed by atoms with van der Waals surface area (Å²) in [4.78, 5) is 2.39. The minimum atomic E-state index is -0.165. The van der Waals surface area contributed by atoms with Crippen molar-refractivity contribution in [2.75, 3.05) is 32.8 Å². The molecule has 0 bridgehead atoms. The van der Waals surface area contributed by atoms with Gasteiger partial charge in [-0.2, -0.15) is 0 Å². The molecule has 0 spiro atoms. The second-order valence-corrected chi connectivity index (χ2v) is 5.77. The van der Waals surface area contributed by atoms with Crippen LogP contribution in [0.25, 0.3) is 0 Å². The Morgan fingerprint density at radius 1 is 1.30 bits per heavy atom. The van der Waals surface area contributed by atoms with Crippen LogP contribution >= 0.6 is 0 Å². The highest BCUT2D eigenvalue weighted by Gasteiger charge is 2.37. The lowest BCUT2D eigenvalue weighted by atomic mass is 9.86. The zero-order valence-corrected chi connectivity index (χ0v) is 12.7. The molecular weight excluding hydrogens is 255 g/mol. The molecule has 1 atom stereocenters. The number of morpholine rings is 1. The summed E-state index contributed by atoms with van der Waals surface area (Å²) in [7, 11) is 0. The van der Waals surface area contributed by atoms with Crippen LogP contribution in [-0.4, -0.2) is 43.3 Å². The van der Waals surface area contributed by atoms with Crippen molar-refractivity contribution in [3.05, 3.63) is 35.6 Å². The molecule has 1 saturated heterocycles. The molecule has 2 rings (SSSR count). The lowest BCUT2D eigenvalue weighted by molar-refractivity contribution is -0.0240. The minimum absolute atomic E-state index is 0.0354. The van der Waals surface area contributed by atoms with Gasteiger partial charge in [0.2, 0.25) is 0 Å². The van der Waals surface area contributed by atoms with E-state index in [9.17, 15) is 4.39 Å². The smallest absolute Gasteiger partial charge is 0.128 e. The van der Waals surface area contributed by atoms with Gasteiger partial charge >= 0.3 is 0 Å². The van der Waals surface area contributed by atoms with Gasteiger partial charge in [-0.3, -0.25) is 4.90 Å². The van der Waals surface area contributed by atoms with Crippen LogP contribution < -0.4 is 5.32 Å². The van der Waals surface area contributed by atoms with Crippen molar-refractivity contribution in [1.29, 1.82) is 0 Å². The zero-order valence-electron chi connectivity index (χ0n) is 12.7. The molecule has 1 fully saturated rings. The molecule has 0 aromatic heterocycles. The average molecular weight is 280 g/mol. The zero-order chi connectivity index (χ0) is 14.6. The molecule has 1 aliphatic heterocycles. The van der Waals surface area contributed by atoms with Crippen molar-refractivity contribution in [2.45, 2.75) is 32.4 Å². The fourth-order valence-corrected chi connectivity index (χ4v) is 2.98. The number of ether oxygens (including phenoxy) is 1. The number of hydrogen-bond acceptors (Lipinski definition) is 3. The first kappa shape index (κ1) is 15.4. The fraction of sp³-hybridized carbons (Fsp3) is 0.625. The maximum absolute atomic E-state index is 14.2. The predicted octanol–water partition coefficient (Wildman–Crippen LogP) is 2.59. The molecule has 1 aromatic rings. The highest BCUT2D eigenvalue weighted by atomic mass is 19.1. The van der Waals surface area contributed by atoms with E-state index in [1.165, 1.54) is 6.07 Å². The van der Waals surface area contributed by atoms with Crippen LogP contribution in [0.1, 0.15) is 32.4 Å². The van der Waals surface area contributed by atoms with E-state index in [0.29, 0.717) is 0 Å². The molecule has 1 aromatic carbocycles. The lowest BCUT2D eigenvalue weighted by Crippen LogP contribution is -2.56. The summed E-state index contributed by atoms with van der Waals surface area (Å²) < 4.78 is 19.6. The molecule has 0 amide bonds. The molecule has 1 unspecified atom stereocenters. The predicted molar refractivity (Wildman–Crippen MR) is 79.3 cm³/mol. The van der Waals surface area contributed by atoms with Gasteiger partial charge in [-0.1, -0.05) is 25.1 Å². The number of hydrogen-bond donors (Lipinski definition) is 1. The van der Waals surface area contributed by atoms with Gasteiger partial charge in [-0.15, -0.1) is 0 Å². The largest absolute Gasteiger partial charge is 0.379 e. The van der Waals surface area contributed by atoms with Crippen LogP contribution in [-0.2, 0) is 4.74 Å². The molecule has 0 radical (unpaired) electrons. The summed E-state index contributed by atoms with van der Waals surface area (Å²) in [5.74, 6) is -0.139. The van der Waals surface area contributed by atoms with Gasteiger partial charge in [-0.05, 0) is 26.5 Å². The second kappa shape index (κ2) is 6.66. The van der Waals surface area contributed by atoms with Crippen molar-refractivity contribution < 1.29 is 9.13 Å². The van der Waals surface area contributed by atoms with Gasteiger partial charge in [-0.25, -0.2) is 4.39 Å². The van der Waals surface area contributed by atoms with Crippen molar-refractivity contribution >= 4 is 0 Å². The molecule has 4 heteroatoms. The third-order valence-corrected chi connectivity index (χ3v) is 4.16. The summed E-state index contributed by atoms with van der Waals surface area (Å²) in [5, 5.41) is 3.45. The number of nitrogens with zero attached hydrogens (tertiary/aromatic N) is 1. The van der Waals surface area contributed by atoms with Crippen LogP contribution in [0.5, 0.6) is 0 Å². The van der Waals surface area contributed by atoms with Crippen molar-refractivity contribution in [2.24, 2.45) is 0 Å². The number of halogens is 1. The average Bonchev–Trinajstić information content (AvgIpc) is 2.46. The monoisotopic (exact) mass is 280 g/mol. The number of likely N-dealkylation sites (N-methyl/N-ethyl adjacent to an activating group) is 1. The van der Waals surface area contributed by atoms with E-state index in [1.54, 1.807) is 6.07 Å². The first-order valence-corrected chi connectivity index (χ1v) is 7.38. The molecular formula is C16H25FN2O. The van der Waals surface area contributed by atoms with Crippen LogP contribution in [0.15, 0.2) is 24.3 Å². The van der Waals surface area contributed by atoms with Crippen LogP contribution in [0, 0.1) is 5.82 Å². The minimum Gasteiger partial charge on any atom is -0.379 e. The molecule has 0 aliphatic carbocycles. The van der Waals surface area contributed by atoms with E-state index in [4.69, 9.17) is 4.74 Å². The Hall–Kier alpha value is -0.970. The van der Waals surface area contributed by atoms with E-state index in [-0.39, 0.29) is 17.4 Å². The highest BCUT2D eigenvalue weighted by molar-refractivity contribution is 5.24. The summed E-state index contributed by atoms with van der Waals surface area (Å²) in [6, 6.07) is 7.02. The number of benzene rings is 1. The Morgan fingerprint density at radius 3 is 2.55 bits per heavy atom. The van der Waals surface area contributed by atoms with E-state index in [1.807, 2.05) is 12.1 Å². The SMILES string of the molecule is CCNC(c1ccccc1F)C(C)(C)N1CCOCC1. The van der Waals surface area contributed by atoms with Gasteiger partial charge in [0.1, 0.15) is 5.82 Å². The van der Waals surface area contributed by atoms with E-state index < -0.39 is 0 Å². The van der Waals surface area contributed by atoms with Crippen LogP contribution in [0.2, 0.25) is 0 Å². The number of rotatable bonds is 5. The van der Waals surface area contributed by atoms with Gasteiger partial charge in [0, 0.05) is 24.2 Å². The Balaban J connectivity index is 2.29. The van der Waals surface area contributed by atoms with Crippen LogP contribution in [0.3, 0.4) is 0 Å². The van der Waals surface area contributed by atoms with E-state index >= 15 is 0 Å². The lowest BCUT2D eigenvalue weighted by Gasteiger charge is -2.46. The fourth-order valence-electron chi connectivity index (χ4n) is 2.98. The molecule has 3 nitrogen and oxygen atoms in total. The molecule has 20 heavy (non-hydrogen) atoms. The highest BCUT2D eigenvalue weighted by Crippen LogP contribution is 2.32. The number of nitrogens with one attached hydrogen (secondary N) is 1. The van der Waals surface area contributed by atoms with Crippen molar-refractivity contribution in [3.8, 4) is 0 Å². The summed E-state index contributed by atoms with van der Waals surface area (Å²) in [6.07, 6.45) is 0. The Morgan fingerprint density at radius 2 is 1.95 bits per heavy atom. The third kappa shape index (κ3) is 3.19. The molecule has 1 N–H and O–H groups in total. The first-order valence-electron chi connectivity index (χ1n) is 7.38. The summed E-state index contributed by atoms with van der Waals surface area (Å²) in [5.41, 5.74) is 0.577. The molecule has 1 aliphatic rings. The molecule has 1 heterocycles. The summed E-state index contributed by atoms with van der Waals surface area (Å²) in [6.45, 7) is 10.5. The van der Waals surface area contributed by atoms with Gasteiger partial charge in [0.05, 0.1) is 19.3 Å². The van der Waals surface area contributed by atoms with Crippen molar-refractivity contribution in [3.63, 3.8) is 0 Å². The second-order valence-electron chi connectivity index (χ2n) is 5.77. The molecule has 0 saturated carbocycles. The molecule has 112 valence electrons. The Bertz CT molecular complexity index is 430. The van der Waals surface area contributed by atoms with Gasteiger partial charge in [0.15, 0.2) is 0 Å². The van der Waals surface area contributed by atoms with Gasteiger partial charge < -0.3 is 10.1 Å². The topological polar surface area (TPSA) is 24.5 Å². The Labute approximate surface area is 121 Å². The van der Waals surface area contributed by atoms with E-state index in [0.717, 1.165) is 38.4 Å². The van der Waals surface area contributed by atoms with Crippen molar-refractivity contribution in [1.82, 2.24) is 10.2 Å². The summed E-state index contributed by atoms with van der Waals surface area (Å²) >= 11 is 0.